The van der Waals surface area contributed by atoms with Gasteiger partial charge in [0.05, 0.1) is 23.0 Å². The van der Waals surface area contributed by atoms with Gasteiger partial charge in [0.25, 0.3) is 0 Å². The van der Waals surface area contributed by atoms with Crippen LogP contribution in [0.25, 0.3) is 10.9 Å². The topological polar surface area (TPSA) is 79.1 Å². The van der Waals surface area contributed by atoms with Crippen molar-refractivity contribution in [1.82, 2.24) is 19.7 Å². The van der Waals surface area contributed by atoms with Crippen LogP contribution < -0.4 is 9.47 Å². The van der Waals surface area contributed by atoms with E-state index in [4.69, 9.17) is 9.47 Å². The average molecular weight is 446 g/mol. The molecule has 0 unspecified atom stereocenters. The Morgan fingerprint density at radius 3 is 2.59 bits per heavy atom. The molecule has 0 spiro atoms. The van der Waals surface area contributed by atoms with Crippen LogP contribution in [-0.2, 0) is 12.7 Å². The van der Waals surface area contributed by atoms with Gasteiger partial charge in [-0.3, -0.25) is 4.68 Å². The van der Waals surface area contributed by atoms with Crippen molar-refractivity contribution in [3.05, 3.63) is 78.1 Å². The second-order valence-corrected chi connectivity index (χ2v) is 6.54. The Bertz CT molecular complexity index is 1260. The van der Waals surface area contributed by atoms with Crippen molar-refractivity contribution >= 4 is 16.9 Å². The molecule has 7 nitrogen and oxygen atoms in total. The van der Waals surface area contributed by atoms with Crippen LogP contribution in [0.2, 0.25) is 0 Å². The van der Waals surface area contributed by atoms with Gasteiger partial charge in [0.2, 0.25) is 5.88 Å². The highest BCUT2D eigenvalue weighted by atomic mass is 19.4. The summed E-state index contributed by atoms with van der Waals surface area (Å²) in [7, 11) is 0. The van der Waals surface area contributed by atoms with Crippen molar-refractivity contribution in [3.63, 3.8) is 0 Å². The van der Waals surface area contributed by atoms with Crippen LogP contribution in [-0.4, -0.2) is 32.3 Å². The zero-order valence-electron chi connectivity index (χ0n) is 16.2. The maximum atomic E-state index is 13.8. The molecule has 32 heavy (non-hydrogen) atoms. The first kappa shape index (κ1) is 21.2. The normalized spacial score (nSPS) is 11.5. The minimum Gasteiger partial charge on any atom is -0.474 e. The van der Waals surface area contributed by atoms with E-state index in [1.54, 1.807) is 42.6 Å². The lowest BCUT2D eigenvalue weighted by atomic mass is 10.2. The van der Waals surface area contributed by atoms with Crippen molar-refractivity contribution in [2.75, 3.05) is 6.61 Å². The lowest BCUT2D eigenvalue weighted by Crippen LogP contribution is -2.12. The third kappa shape index (κ3) is 4.66. The number of carbonyl (C=O) groups is 1. The van der Waals surface area contributed by atoms with E-state index in [2.05, 4.69) is 15.1 Å². The molecule has 4 aromatic rings. The summed E-state index contributed by atoms with van der Waals surface area (Å²) >= 11 is 0. The second-order valence-electron chi connectivity index (χ2n) is 6.54. The monoisotopic (exact) mass is 446 g/mol. The number of halogens is 4. The minimum absolute atomic E-state index is 0.0639. The first-order chi connectivity index (χ1) is 15.3. The Morgan fingerprint density at radius 1 is 1.09 bits per heavy atom. The zero-order valence-corrected chi connectivity index (χ0v) is 16.2. The number of aromatic nitrogens is 4. The molecule has 164 valence electrons. The molecule has 11 heteroatoms. The lowest BCUT2D eigenvalue weighted by molar-refractivity contribution is -0.138. The van der Waals surface area contributed by atoms with Crippen LogP contribution in [0.5, 0.6) is 11.6 Å². The van der Waals surface area contributed by atoms with Crippen molar-refractivity contribution in [1.29, 1.82) is 0 Å². The van der Waals surface area contributed by atoms with E-state index in [1.165, 1.54) is 10.9 Å². The van der Waals surface area contributed by atoms with Gasteiger partial charge in [-0.25, -0.2) is 19.2 Å². The van der Waals surface area contributed by atoms with Gasteiger partial charge in [0.15, 0.2) is 11.5 Å². The summed E-state index contributed by atoms with van der Waals surface area (Å²) in [5.41, 5.74) is -0.670. The maximum Gasteiger partial charge on any atom is 0.417 e. The third-order valence-electron chi connectivity index (χ3n) is 4.32. The number of esters is 1. The number of hydrogen-bond donors (Lipinski definition) is 0. The summed E-state index contributed by atoms with van der Waals surface area (Å²) in [4.78, 5) is 19.9. The van der Waals surface area contributed by atoms with Crippen LogP contribution >= 0.6 is 0 Å². The quantitative estimate of drug-likeness (QED) is 0.250. The van der Waals surface area contributed by atoms with Crippen molar-refractivity contribution in [2.24, 2.45) is 0 Å². The van der Waals surface area contributed by atoms with Crippen molar-refractivity contribution < 1.29 is 31.8 Å². The standard InChI is InChI=1S/C21H14F4N4O3/c22-16-10-13(21(23,24)25)11-27-19(16)31-9-8-29-12-15-17(28-29)6-7-26-18(15)20(30)32-14-4-2-1-3-5-14/h1-7,10-12H,8-9H2. The van der Waals surface area contributed by atoms with Crippen molar-refractivity contribution in [2.45, 2.75) is 12.7 Å². The largest absolute Gasteiger partial charge is 0.474 e. The van der Waals surface area contributed by atoms with Gasteiger partial charge < -0.3 is 9.47 Å². The van der Waals surface area contributed by atoms with E-state index in [9.17, 15) is 22.4 Å². The predicted octanol–water partition coefficient (Wildman–Crippen LogP) is 4.28. The summed E-state index contributed by atoms with van der Waals surface area (Å²) in [5, 5.41) is 4.73. The molecule has 0 saturated carbocycles. The van der Waals surface area contributed by atoms with Gasteiger partial charge in [-0.15, -0.1) is 0 Å². The molecule has 1 aromatic carbocycles. The second kappa shape index (κ2) is 8.61. The number of para-hydroxylation sites is 1. The molecular weight excluding hydrogens is 432 g/mol. The predicted molar refractivity (Wildman–Crippen MR) is 104 cm³/mol. The molecule has 0 N–H and O–H groups in total. The number of rotatable bonds is 6. The number of hydrogen-bond acceptors (Lipinski definition) is 6. The summed E-state index contributed by atoms with van der Waals surface area (Å²) < 4.78 is 63.5. The Hall–Kier alpha value is -4.02. The molecule has 3 aromatic heterocycles. The van der Waals surface area contributed by atoms with E-state index in [0.29, 0.717) is 28.9 Å². The SMILES string of the molecule is O=C(Oc1ccccc1)c1nccc2nn(CCOc3ncc(C(F)(F)F)cc3F)cc12. The number of carbonyl (C=O) groups excluding carboxylic acids is 1. The van der Waals surface area contributed by atoms with Gasteiger partial charge in [-0.05, 0) is 24.3 Å². The third-order valence-corrected chi connectivity index (χ3v) is 4.32. The number of pyridine rings is 2. The Morgan fingerprint density at radius 2 is 1.88 bits per heavy atom. The van der Waals surface area contributed by atoms with E-state index < -0.39 is 29.4 Å². The first-order valence-corrected chi connectivity index (χ1v) is 9.26. The fourth-order valence-electron chi connectivity index (χ4n) is 2.84. The van der Waals surface area contributed by atoms with E-state index in [-0.39, 0.29) is 18.8 Å². The van der Waals surface area contributed by atoms with Crippen LogP contribution in [0.1, 0.15) is 16.1 Å². The highest BCUT2D eigenvalue weighted by molar-refractivity contribution is 6.02. The molecule has 0 radical (unpaired) electrons. The highest BCUT2D eigenvalue weighted by Gasteiger charge is 2.32. The molecule has 4 rings (SSSR count). The molecule has 0 bridgehead atoms. The summed E-state index contributed by atoms with van der Waals surface area (Å²) in [6.07, 6.45) is -1.24. The number of nitrogens with zero attached hydrogens (tertiary/aromatic N) is 4. The first-order valence-electron chi connectivity index (χ1n) is 9.26. The number of alkyl halides is 3. The molecule has 0 atom stereocenters. The molecular formula is C21H14F4N4O3. The Labute approximate surface area is 178 Å². The zero-order chi connectivity index (χ0) is 22.7. The maximum absolute atomic E-state index is 13.8. The van der Waals surface area contributed by atoms with Gasteiger partial charge in [0, 0.05) is 18.6 Å². The van der Waals surface area contributed by atoms with E-state index in [0.717, 1.165) is 0 Å². The molecule has 3 heterocycles. The molecule has 0 aliphatic rings. The van der Waals surface area contributed by atoms with Crippen LogP contribution in [0.3, 0.4) is 0 Å². The summed E-state index contributed by atoms with van der Waals surface area (Å²) in [5.74, 6) is -2.07. The molecule has 0 aliphatic carbocycles. The molecule has 0 fully saturated rings. The average Bonchev–Trinajstić information content (AvgIpc) is 3.17. The highest BCUT2D eigenvalue weighted by Crippen LogP contribution is 2.30. The Kier molecular flexibility index (Phi) is 5.71. The summed E-state index contributed by atoms with van der Waals surface area (Å²) in [6, 6.07) is 10.4. The van der Waals surface area contributed by atoms with Crippen LogP contribution in [0.15, 0.2) is 61.1 Å². The van der Waals surface area contributed by atoms with Gasteiger partial charge in [-0.2, -0.15) is 18.3 Å². The molecule has 0 amide bonds. The number of ether oxygens (including phenoxy) is 2. The van der Waals surface area contributed by atoms with E-state index >= 15 is 0 Å². The number of benzene rings is 1. The van der Waals surface area contributed by atoms with Gasteiger partial charge in [0.1, 0.15) is 12.4 Å². The summed E-state index contributed by atoms with van der Waals surface area (Å²) in [6.45, 7) is -0.00943. The number of fused-ring (bicyclic) bond motifs is 1. The Balaban J connectivity index is 1.45. The van der Waals surface area contributed by atoms with Gasteiger partial charge in [-0.1, -0.05) is 18.2 Å². The van der Waals surface area contributed by atoms with Gasteiger partial charge >= 0.3 is 12.1 Å². The van der Waals surface area contributed by atoms with E-state index in [1.807, 2.05) is 0 Å². The van der Waals surface area contributed by atoms with Crippen molar-refractivity contribution in [3.8, 4) is 11.6 Å². The smallest absolute Gasteiger partial charge is 0.417 e. The van der Waals surface area contributed by atoms with Crippen LogP contribution in [0, 0.1) is 5.82 Å². The fraction of sp³-hybridized carbons (Fsp3) is 0.143. The molecule has 0 saturated heterocycles. The lowest BCUT2D eigenvalue weighted by Gasteiger charge is -2.09. The minimum atomic E-state index is -4.70. The molecule has 0 aliphatic heterocycles. The van der Waals surface area contributed by atoms with Crippen LogP contribution in [0.4, 0.5) is 17.6 Å². The fourth-order valence-corrected chi connectivity index (χ4v) is 2.84.